The molecule has 4 aromatic carbocycles. The molecule has 0 saturated carbocycles. The average Bonchev–Trinajstić information content (AvgIpc) is 2.76. The van der Waals surface area contributed by atoms with Gasteiger partial charge in [0.05, 0.1) is 6.16 Å². The van der Waals surface area contributed by atoms with Gasteiger partial charge in [0.15, 0.2) is 0 Å². The van der Waals surface area contributed by atoms with Gasteiger partial charge in [-0.05, 0) is 54.6 Å². The Morgan fingerprint density at radius 3 is 1.46 bits per heavy atom. The number of rotatable bonds is 5. The quantitative estimate of drug-likeness (QED) is 0.291. The molecule has 0 nitrogen and oxygen atoms in total. The lowest BCUT2D eigenvalue weighted by molar-refractivity contribution is 1.38. The highest BCUT2D eigenvalue weighted by Crippen LogP contribution is 2.58. The van der Waals surface area contributed by atoms with E-state index in [-0.39, 0.29) is 0 Å². The van der Waals surface area contributed by atoms with Gasteiger partial charge in [-0.15, -0.1) is 0 Å². The van der Waals surface area contributed by atoms with Gasteiger partial charge >= 0.3 is 0 Å². The Morgan fingerprint density at radius 2 is 1.04 bits per heavy atom. The second-order valence-corrected chi connectivity index (χ2v) is 11.5. The fourth-order valence-corrected chi connectivity index (χ4v) is 8.63. The standard InChI is InChI=1S/C25H20BrClP/c26-21-16-17-25(27)20(18-21)19-28(22-10-4-1-5-11-22,23-12-6-2-7-13-23)24-14-8-3-9-15-24/h1-18H,19H2/q+1. The Bertz CT molecular complexity index is 953. The molecule has 0 bridgehead atoms. The summed E-state index contributed by atoms with van der Waals surface area (Å²) < 4.78 is 1.05. The highest BCUT2D eigenvalue weighted by Gasteiger charge is 2.45. The minimum absolute atomic E-state index is 0.815. The Balaban J connectivity index is 2.02. The molecule has 0 aromatic heterocycles. The molecule has 0 aliphatic rings. The lowest BCUT2D eigenvalue weighted by atomic mass is 10.2. The predicted octanol–water partition coefficient (Wildman–Crippen LogP) is 6.60. The topological polar surface area (TPSA) is 0 Å². The molecular weight excluding hydrogens is 447 g/mol. The summed E-state index contributed by atoms with van der Waals surface area (Å²) in [6, 6.07) is 38.8. The summed E-state index contributed by atoms with van der Waals surface area (Å²) in [5.41, 5.74) is 1.17. The van der Waals surface area contributed by atoms with Gasteiger partial charge in [-0.25, -0.2) is 0 Å². The van der Waals surface area contributed by atoms with Crippen LogP contribution >= 0.6 is 34.8 Å². The van der Waals surface area contributed by atoms with Crippen LogP contribution < -0.4 is 15.9 Å². The second-order valence-electron chi connectivity index (χ2n) is 6.71. The smallest absolute Gasteiger partial charge is 0.0839 e. The first kappa shape index (κ1) is 19.4. The highest BCUT2D eigenvalue weighted by molar-refractivity contribution is 9.10. The summed E-state index contributed by atoms with van der Waals surface area (Å²) in [7, 11) is -1.93. The van der Waals surface area contributed by atoms with E-state index in [1.807, 2.05) is 12.1 Å². The van der Waals surface area contributed by atoms with E-state index in [9.17, 15) is 0 Å². The molecule has 0 atom stereocenters. The van der Waals surface area contributed by atoms with Crippen LogP contribution in [0.4, 0.5) is 0 Å². The molecule has 0 aliphatic carbocycles. The maximum atomic E-state index is 6.66. The molecule has 0 spiro atoms. The third kappa shape index (κ3) is 3.80. The van der Waals surface area contributed by atoms with Gasteiger partial charge in [0.1, 0.15) is 23.2 Å². The van der Waals surface area contributed by atoms with Crippen molar-refractivity contribution in [2.45, 2.75) is 6.16 Å². The molecule has 0 saturated heterocycles. The van der Waals surface area contributed by atoms with E-state index in [0.717, 1.165) is 15.7 Å². The van der Waals surface area contributed by atoms with Gasteiger partial charge in [0, 0.05) is 15.1 Å². The van der Waals surface area contributed by atoms with E-state index in [0.29, 0.717) is 0 Å². The van der Waals surface area contributed by atoms with Crippen molar-refractivity contribution in [3.8, 4) is 0 Å². The zero-order valence-corrected chi connectivity index (χ0v) is 18.5. The largest absolute Gasteiger partial charge is 0.116 e. The van der Waals surface area contributed by atoms with Crippen LogP contribution in [0.25, 0.3) is 0 Å². The van der Waals surface area contributed by atoms with Crippen LogP contribution in [0.2, 0.25) is 5.02 Å². The van der Waals surface area contributed by atoms with Gasteiger partial charge < -0.3 is 0 Å². The third-order valence-electron chi connectivity index (χ3n) is 5.01. The molecule has 0 radical (unpaired) electrons. The van der Waals surface area contributed by atoms with E-state index in [4.69, 9.17) is 11.6 Å². The van der Waals surface area contributed by atoms with Crippen LogP contribution in [0, 0.1) is 0 Å². The molecule has 0 heterocycles. The van der Waals surface area contributed by atoms with Gasteiger partial charge in [0.25, 0.3) is 0 Å². The molecule has 4 aromatic rings. The van der Waals surface area contributed by atoms with E-state index < -0.39 is 7.26 Å². The summed E-state index contributed by atoms with van der Waals surface area (Å²) in [6.07, 6.45) is 0.878. The minimum Gasteiger partial charge on any atom is -0.0839 e. The predicted molar refractivity (Wildman–Crippen MR) is 128 cm³/mol. The maximum absolute atomic E-state index is 6.66. The van der Waals surface area contributed by atoms with Crippen LogP contribution in [0.3, 0.4) is 0 Å². The Hall–Kier alpha value is -1.92. The molecule has 4 rings (SSSR count). The fourth-order valence-electron chi connectivity index (χ4n) is 3.69. The van der Waals surface area contributed by atoms with Gasteiger partial charge in [-0.2, -0.15) is 0 Å². The first-order valence-electron chi connectivity index (χ1n) is 9.19. The Labute approximate surface area is 180 Å². The lowest BCUT2D eigenvalue weighted by Crippen LogP contribution is -2.32. The zero-order valence-electron chi connectivity index (χ0n) is 15.3. The van der Waals surface area contributed by atoms with Crippen molar-refractivity contribution in [3.63, 3.8) is 0 Å². The van der Waals surface area contributed by atoms with Crippen molar-refractivity contribution in [3.05, 3.63) is 124 Å². The number of hydrogen-bond acceptors (Lipinski definition) is 0. The normalized spacial score (nSPS) is 11.4. The Kier molecular flexibility index (Phi) is 5.97. The molecule has 138 valence electrons. The van der Waals surface area contributed by atoms with Crippen LogP contribution in [0.1, 0.15) is 5.56 Å². The SMILES string of the molecule is Clc1ccc(Br)cc1C[P+](c1ccccc1)(c1ccccc1)c1ccccc1. The van der Waals surface area contributed by atoms with E-state index in [1.54, 1.807) is 0 Å². The van der Waals surface area contributed by atoms with E-state index in [2.05, 4.69) is 113 Å². The summed E-state index contributed by atoms with van der Waals surface area (Å²) >= 11 is 10.3. The molecule has 0 N–H and O–H groups in total. The summed E-state index contributed by atoms with van der Waals surface area (Å²) in [5.74, 6) is 0. The molecule has 28 heavy (non-hydrogen) atoms. The number of benzene rings is 4. The molecule has 0 fully saturated rings. The molecule has 0 amide bonds. The summed E-state index contributed by atoms with van der Waals surface area (Å²) in [5, 5.41) is 4.91. The molecule has 0 unspecified atom stereocenters. The molecular formula is C25H20BrClP+. The van der Waals surface area contributed by atoms with E-state index >= 15 is 0 Å². The van der Waals surface area contributed by atoms with Crippen molar-refractivity contribution in [2.75, 3.05) is 0 Å². The number of hydrogen-bond donors (Lipinski definition) is 0. The van der Waals surface area contributed by atoms with Gasteiger partial charge in [-0.1, -0.05) is 82.1 Å². The third-order valence-corrected chi connectivity index (χ3v) is 10.2. The van der Waals surface area contributed by atoms with Crippen LogP contribution in [0.5, 0.6) is 0 Å². The van der Waals surface area contributed by atoms with Crippen molar-refractivity contribution in [1.29, 1.82) is 0 Å². The first-order valence-corrected chi connectivity index (χ1v) is 12.3. The van der Waals surface area contributed by atoms with E-state index in [1.165, 1.54) is 21.5 Å². The summed E-state index contributed by atoms with van der Waals surface area (Å²) in [6.45, 7) is 0. The van der Waals surface area contributed by atoms with Crippen molar-refractivity contribution < 1.29 is 0 Å². The van der Waals surface area contributed by atoms with Gasteiger partial charge in [0.2, 0.25) is 0 Å². The highest BCUT2D eigenvalue weighted by atomic mass is 79.9. The summed E-state index contributed by atoms with van der Waals surface area (Å²) in [4.78, 5) is 0. The second kappa shape index (κ2) is 8.62. The monoisotopic (exact) mass is 465 g/mol. The molecule has 3 heteroatoms. The van der Waals surface area contributed by atoms with Crippen molar-refractivity contribution >= 4 is 50.7 Å². The van der Waals surface area contributed by atoms with Crippen LogP contribution in [0.15, 0.2) is 114 Å². The van der Waals surface area contributed by atoms with Crippen molar-refractivity contribution in [1.82, 2.24) is 0 Å². The molecule has 0 aliphatic heterocycles. The van der Waals surface area contributed by atoms with Crippen molar-refractivity contribution in [2.24, 2.45) is 0 Å². The van der Waals surface area contributed by atoms with Gasteiger partial charge in [-0.3, -0.25) is 0 Å². The fraction of sp³-hybridized carbons (Fsp3) is 0.0400. The number of halogens is 2. The Morgan fingerprint density at radius 1 is 0.607 bits per heavy atom. The maximum Gasteiger partial charge on any atom is 0.116 e. The first-order chi connectivity index (χ1) is 13.7. The minimum atomic E-state index is -1.93. The lowest BCUT2D eigenvalue weighted by Gasteiger charge is -2.28. The zero-order chi connectivity index (χ0) is 19.4. The van der Waals surface area contributed by atoms with Crippen LogP contribution in [-0.2, 0) is 6.16 Å². The van der Waals surface area contributed by atoms with Crippen LogP contribution in [-0.4, -0.2) is 0 Å². The average molecular weight is 467 g/mol.